The van der Waals surface area contributed by atoms with Crippen LogP contribution in [-0.2, 0) is 0 Å². The van der Waals surface area contributed by atoms with Gasteiger partial charge in [0.2, 0.25) is 0 Å². The standard InChI is InChI=1S/C13H15F3N2S/c1-3-9(2)18-12(8-17)10-4-6-11(7-5-10)19-13(14,15)16/h1,4-7,9,12,18H,8,17H2,2H3. The molecule has 0 aromatic heterocycles. The van der Waals surface area contributed by atoms with Gasteiger partial charge in [-0.2, -0.15) is 13.2 Å². The summed E-state index contributed by atoms with van der Waals surface area (Å²) >= 11 is -0.137. The molecule has 6 heteroatoms. The van der Waals surface area contributed by atoms with E-state index in [4.69, 9.17) is 12.2 Å². The Morgan fingerprint density at radius 1 is 1.37 bits per heavy atom. The molecule has 1 rings (SSSR count). The summed E-state index contributed by atoms with van der Waals surface area (Å²) in [6.45, 7) is 2.13. The highest BCUT2D eigenvalue weighted by molar-refractivity contribution is 8.00. The van der Waals surface area contributed by atoms with Crippen molar-refractivity contribution in [1.29, 1.82) is 0 Å². The maximum absolute atomic E-state index is 12.2. The third-order valence-corrected chi connectivity index (χ3v) is 3.19. The SMILES string of the molecule is C#CC(C)NC(CN)c1ccc(SC(F)(F)F)cc1. The van der Waals surface area contributed by atoms with Gasteiger partial charge in [0, 0.05) is 17.5 Å². The minimum Gasteiger partial charge on any atom is -0.329 e. The maximum atomic E-state index is 12.2. The van der Waals surface area contributed by atoms with Crippen molar-refractivity contribution in [3.05, 3.63) is 29.8 Å². The van der Waals surface area contributed by atoms with E-state index in [0.29, 0.717) is 6.54 Å². The number of rotatable bonds is 5. The van der Waals surface area contributed by atoms with Gasteiger partial charge in [-0.15, -0.1) is 6.42 Å². The average Bonchev–Trinajstić information content (AvgIpc) is 2.35. The van der Waals surface area contributed by atoms with Crippen LogP contribution in [0.4, 0.5) is 13.2 Å². The van der Waals surface area contributed by atoms with E-state index in [1.165, 1.54) is 12.1 Å². The van der Waals surface area contributed by atoms with E-state index in [9.17, 15) is 13.2 Å². The maximum Gasteiger partial charge on any atom is 0.446 e. The van der Waals surface area contributed by atoms with Gasteiger partial charge in [-0.05, 0) is 36.4 Å². The number of thioether (sulfide) groups is 1. The summed E-state index contributed by atoms with van der Waals surface area (Å²) in [6.07, 6.45) is 5.26. The van der Waals surface area contributed by atoms with Crippen LogP contribution in [0.3, 0.4) is 0 Å². The second-order valence-corrected chi connectivity index (χ2v) is 5.10. The molecule has 0 bridgehead atoms. The van der Waals surface area contributed by atoms with E-state index in [2.05, 4.69) is 11.2 Å². The largest absolute Gasteiger partial charge is 0.446 e. The fraction of sp³-hybridized carbons (Fsp3) is 0.385. The van der Waals surface area contributed by atoms with Gasteiger partial charge in [0.05, 0.1) is 6.04 Å². The van der Waals surface area contributed by atoms with Gasteiger partial charge in [0.25, 0.3) is 0 Å². The molecule has 0 fully saturated rings. The van der Waals surface area contributed by atoms with Crippen LogP contribution in [0.1, 0.15) is 18.5 Å². The Labute approximate surface area is 114 Å². The zero-order chi connectivity index (χ0) is 14.5. The molecule has 104 valence electrons. The first kappa shape index (κ1) is 15.9. The van der Waals surface area contributed by atoms with E-state index < -0.39 is 5.51 Å². The first-order valence-electron chi connectivity index (χ1n) is 5.63. The number of hydrogen-bond acceptors (Lipinski definition) is 3. The number of nitrogens with one attached hydrogen (secondary N) is 1. The monoisotopic (exact) mass is 288 g/mol. The highest BCUT2D eigenvalue weighted by atomic mass is 32.2. The van der Waals surface area contributed by atoms with Gasteiger partial charge in [0.1, 0.15) is 0 Å². The third kappa shape index (κ3) is 5.55. The topological polar surface area (TPSA) is 38.0 Å². The van der Waals surface area contributed by atoms with Gasteiger partial charge in [0.15, 0.2) is 0 Å². The highest BCUT2D eigenvalue weighted by Crippen LogP contribution is 2.36. The molecule has 2 nitrogen and oxygen atoms in total. The van der Waals surface area contributed by atoms with Crippen molar-refractivity contribution in [2.45, 2.75) is 29.4 Å². The summed E-state index contributed by atoms with van der Waals surface area (Å²) in [5, 5.41) is 3.11. The molecule has 0 amide bonds. The summed E-state index contributed by atoms with van der Waals surface area (Å²) in [7, 11) is 0. The Morgan fingerprint density at radius 3 is 2.37 bits per heavy atom. The Balaban J connectivity index is 2.76. The van der Waals surface area contributed by atoms with Gasteiger partial charge >= 0.3 is 5.51 Å². The van der Waals surface area contributed by atoms with Crippen molar-refractivity contribution in [3.8, 4) is 12.3 Å². The number of benzene rings is 1. The molecule has 0 saturated heterocycles. The fourth-order valence-electron chi connectivity index (χ4n) is 1.55. The third-order valence-electron chi connectivity index (χ3n) is 2.45. The lowest BCUT2D eigenvalue weighted by Crippen LogP contribution is -2.34. The number of alkyl halides is 3. The Bertz CT molecular complexity index is 437. The van der Waals surface area contributed by atoms with Gasteiger partial charge in [-0.3, -0.25) is 5.32 Å². The van der Waals surface area contributed by atoms with Crippen LogP contribution in [0.25, 0.3) is 0 Å². The molecule has 2 atom stereocenters. The summed E-state index contributed by atoms with van der Waals surface area (Å²) in [5.41, 5.74) is 2.17. The number of terminal acetylenes is 1. The van der Waals surface area contributed by atoms with Crippen molar-refractivity contribution in [2.75, 3.05) is 6.54 Å². The summed E-state index contributed by atoms with van der Waals surface area (Å²) in [4.78, 5) is 0.150. The molecule has 0 heterocycles. The first-order valence-corrected chi connectivity index (χ1v) is 6.45. The van der Waals surface area contributed by atoms with E-state index in [1.807, 2.05) is 6.92 Å². The molecular formula is C13H15F3N2S. The fourth-order valence-corrected chi connectivity index (χ4v) is 2.09. The normalized spacial score (nSPS) is 14.7. The van der Waals surface area contributed by atoms with Gasteiger partial charge < -0.3 is 5.73 Å². The second kappa shape index (κ2) is 6.85. The zero-order valence-electron chi connectivity index (χ0n) is 10.4. The van der Waals surface area contributed by atoms with Crippen LogP contribution in [0.5, 0.6) is 0 Å². The minimum atomic E-state index is -4.27. The first-order chi connectivity index (χ1) is 8.85. The predicted molar refractivity (Wildman–Crippen MR) is 71.6 cm³/mol. The molecule has 0 aliphatic heterocycles. The summed E-state index contributed by atoms with van der Waals surface area (Å²) in [5.74, 6) is 2.52. The zero-order valence-corrected chi connectivity index (χ0v) is 11.2. The van der Waals surface area contributed by atoms with E-state index >= 15 is 0 Å². The molecule has 0 radical (unpaired) electrons. The summed E-state index contributed by atoms with van der Waals surface area (Å²) in [6, 6.07) is 5.79. The molecule has 0 aliphatic carbocycles. The smallest absolute Gasteiger partial charge is 0.329 e. The van der Waals surface area contributed by atoms with Gasteiger partial charge in [-0.1, -0.05) is 18.1 Å². The Kier molecular flexibility index (Phi) is 5.73. The lowest BCUT2D eigenvalue weighted by Gasteiger charge is -2.19. The van der Waals surface area contributed by atoms with Crippen LogP contribution in [0.15, 0.2) is 29.2 Å². The van der Waals surface area contributed by atoms with Crippen LogP contribution >= 0.6 is 11.8 Å². The Morgan fingerprint density at radius 2 is 1.95 bits per heavy atom. The molecule has 1 aromatic carbocycles. The molecule has 2 unspecified atom stereocenters. The lowest BCUT2D eigenvalue weighted by molar-refractivity contribution is -0.0328. The van der Waals surface area contributed by atoms with Crippen molar-refractivity contribution >= 4 is 11.8 Å². The van der Waals surface area contributed by atoms with E-state index in [1.54, 1.807) is 12.1 Å². The van der Waals surface area contributed by atoms with Crippen LogP contribution < -0.4 is 11.1 Å². The predicted octanol–water partition coefficient (Wildman–Crippen LogP) is 2.91. The minimum absolute atomic E-state index is 0.137. The van der Waals surface area contributed by atoms with Crippen molar-refractivity contribution in [2.24, 2.45) is 5.73 Å². The van der Waals surface area contributed by atoms with Crippen molar-refractivity contribution in [3.63, 3.8) is 0 Å². The van der Waals surface area contributed by atoms with Crippen molar-refractivity contribution in [1.82, 2.24) is 5.32 Å². The van der Waals surface area contributed by atoms with E-state index in [-0.39, 0.29) is 28.7 Å². The molecule has 0 aliphatic rings. The van der Waals surface area contributed by atoms with Crippen LogP contribution in [0.2, 0.25) is 0 Å². The van der Waals surface area contributed by atoms with Crippen LogP contribution in [-0.4, -0.2) is 18.1 Å². The molecule has 0 saturated carbocycles. The van der Waals surface area contributed by atoms with Crippen LogP contribution in [0, 0.1) is 12.3 Å². The quantitative estimate of drug-likeness (QED) is 0.646. The highest BCUT2D eigenvalue weighted by Gasteiger charge is 2.29. The number of hydrogen-bond donors (Lipinski definition) is 2. The number of nitrogens with two attached hydrogens (primary N) is 1. The molecule has 0 spiro atoms. The average molecular weight is 288 g/mol. The van der Waals surface area contributed by atoms with Crippen molar-refractivity contribution < 1.29 is 13.2 Å². The molecule has 19 heavy (non-hydrogen) atoms. The van der Waals surface area contributed by atoms with E-state index in [0.717, 1.165) is 5.56 Å². The molecular weight excluding hydrogens is 273 g/mol. The second-order valence-electron chi connectivity index (χ2n) is 3.96. The van der Waals surface area contributed by atoms with Gasteiger partial charge in [-0.25, -0.2) is 0 Å². The molecule has 3 N–H and O–H groups in total. The Hall–Kier alpha value is -1.16. The lowest BCUT2D eigenvalue weighted by atomic mass is 10.1. The molecule has 1 aromatic rings. The number of halogens is 3. The summed E-state index contributed by atoms with van der Waals surface area (Å²) < 4.78 is 36.6.